The molecule has 1 N–H and O–H groups in total. The van der Waals surface area contributed by atoms with Gasteiger partial charge in [-0.25, -0.2) is 4.98 Å². The third-order valence-corrected chi connectivity index (χ3v) is 6.79. The minimum Gasteiger partial charge on any atom is -0.346 e. The number of carbonyl (C=O) groups is 1. The molecule has 4 nitrogen and oxygen atoms in total. The Hall–Kier alpha value is -2.05. The second-order valence-electron chi connectivity index (χ2n) is 6.95. The van der Waals surface area contributed by atoms with Crippen LogP contribution in [0, 0.1) is 0 Å². The number of hydrogen-bond donors (Lipinski definition) is 1. The van der Waals surface area contributed by atoms with Crippen molar-refractivity contribution in [2.75, 3.05) is 0 Å². The normalized spacial score (nSPS) is 16.4. The summed E-state index contributed by atoms with van der Waals surface area (Å²) in [6.07, 6.45) is 6.43. The maximum atomic E-state index is 13.1. The minimum absolute atomic E-state index is 0.0988. The molecule has 1 amide bonds. The van der Waals surface area contributed by atoms with E-state index in [1.807, 2.05) is 36.6 Å². The second kappa shape index (κ2) is 7.52. The van der Waals surface area contributed by atoms with Crippen LogP contribution in [0.4, 0.5) is 0 Å². The zero-order valence-corrected chi connectivity index (χ0v) is 17.4. The molecule has 3 aromatic rings. The first-order valence-electron chi connectivity index (χ1n) is 9.01. The monoisotopic (exact) mass is 441 g/mol. The van der Waals surface area contributed by atoms with Gasteiger partial charge in [-0.2, -0.15) is 0 Å². The van der Waals surface area contributed by atoms with Crippen molar-refractivity contribution >= 4 is 33.2 Å². The Morgan fingerprint density at radius 3 is 2.67 bits per heavy atom. The van der Waals surface area contributed by atoms with Crippen LogP contribution in [0.2, 0.25) is 0 Å². The summed E-state index contributed by atoms with van der Waals surface area (Å²) in [4.78, 5) is 22.0. The van der Waals surface area contributed by atoms with Gasteiger partial charge in [0, 0.05) is 27.8 Å². The van der Waals surface area contributed by atoms with Crippen LogP contribution < -0.4 is 5.32 Å². The smallest absolute Gasteiger partial charge is 0.231 e. The first-order valence-corrected chi connectivity index (χ1v) is 10.7. The highest BCUT2D eigenvalue weighted by Crippen LogP contribution is 2.44. The molecule has 2 heterocycles. The standard InChI is InChI=1S/C21H20BrN3OS/c1-14(19-25-18(13-27-19)15-4-2-11-23-12-15)24-20(26)21(9-3-10-21)16-5-7-17(22)8-6-16/h2,4-8,11-14H,3,9-10H2,1H3,(H,24,26). The zero-order chi connectivity index (χ0) is 18.9. The fraction of sp³-hybridized carbons (Fsp3) is 0.286. The molecule has 1 atom stereocenters. The van der Waals surface area contributed by atoms with E-state index in [4.69, 9.17) is 4.98 Å². The van der Waals surface area contributed by atoms with E-state index in [0.717, 1.165) is 45.6 Å². The van der Waals surface area contributed by atoms with Crippen LogP contribution in [0.3, 0.4) is 0 Å². The number of nitrogens with zero attached hydrogens (tertiary/aromatic N) is 2. The number of hydrogen-bond acceptors (Lipinski definition) is 4. The zero-order valence-electron chi connectivity index (χ0n) is 15.0. The Balaban J connectivity index is 1.50. The van der Waals surface area contributed by atoms with Gasteiger partial charge in [0.15, 0.2) is 0 Å². The first kappa shape index (κ1) is 18.3. The average Bonchev–Trinajstić information content (AvgIpc) is 3.13. The number of benzene rings is 1. The predicted octanol–water partition coefficient (Wildman–Crippen LogP) is 5.27. The number of carbonyl (C=O) groups excluding carboxylic acids is 1. The van der Waals surface area contributed by atoms with Crippen molar-refractivity contribution < 1.29 is 4.79 Å². The highest BCUT2D eigenvalue weighted by molar-refractivity contribution is 9.10. The van der Waals surface area contributed by atoms with Crippen LogP contribution in [-0.2, 0) is 10.2 Å². The maximum absolute atomic E-state index is 13.1. The van der Waals surface area contributed by atoms with Crippen molar-refractivity contribution in [1.29, 1.82) is 0 Å². The van der Waals surface area contributed by atoms with Gasteiger partial charge in [0.05, 0.1) is 17.2 Å². The minimum atomic E-state index is -0.404. The molecule has 1 fully saturated rings. The molecular weight excluding hydrogens is 422 g/mol. The van der Waals surface area contributed by atoms with E-state index >= 15 is 0 Å². The average molecular weight is 442 g/mol. The fourth-order valence-electron chi connectivity index (χ4n) is 3.48. The summed E-state index contributed by atoms with van der Waals surface area (Å²) < 4.78 is 1.03. The molecule has 0 bridgehead atoms. The number of pyridine rings is 1. The van der Waals surface area contributed by atoms with Crippen LogP contribution in [0.5, 0.6) is 0 Å². The Bertz CT molecular complexity index is 936. The molecule has 1 unspecified atom stereocenters. The van der Waals surface area contributed by atoms with Gasteiger partial charge < -0.3 is 5.32 Å². The molecule has 1 aromatic carbocycles. The summed E-state index contributed by atoms with van der Waals surface area (Å²) in [5.74, 6) is 0.0988. The van der Waals surface area contributed by atoms with E-state index in [-0.39, 0.29) is 11.9 Å². The van der Waals surface area contributed by atoms with Gasteiger partial charge in [-0.3, -0.25) is 9.78 Å². The van der Waals surface area contributed by atoms with Crippen LogP contribution in [0.25, 0.3) is 11.3 Å². The molecule has 0 spiro atoms. The number of thiazole rings is 1. The molecule has 138 valence electrons. The lowest BCUT2D eigenvalue weighted by Gasteiger charge is -2.41. The molecule has 1 aliphatic carbocycles. The Kier molecular flexibility index (Phi) is 5.10. The SMILES string of the molecule is CC(NC(=O)C1(c2ccc(Br)cc2)CCC1)c1nc(-c2cccnc2)cs1. The lowest BCUT2D eigenvalue weighted by atomic mass is 9.63. The van der Waals surface area contributed by atoms with Gasteiger partial charge in [-0.05, 0) is 49.6 Å². The molecule has 6 heteroatoms. The lowest BCUT2D eigenvalue weighted by Crippen LogP contribution is -2.49. The third kappa shape index (κ3) is 3.56. The highest BCUT2D eigenvalue weighted by Gasteiger charge is 2.46. The second-order valence-corrected chi connectivity index (χ2v) is 8.76. The largest absolute Gasteiger partial charge is 0.346 e. The van der Waals surface area contributed by atoms with Crippen LogP contribution in [0.1, 0.15) is 42.8 Å². The van der Waals surface area contributed by atoms with Gasteiger partial charge in [-0.1, -0.05) is 34.5 Å². The van der Waals surface area contributed by atoms with Crippen molar-refractivity contribution in [1.82, 2.24) is 15.3 Å². The Morgan fingerprint density at radius 2 is 2.04 bits per heavy atom. The van der Waals surface area contributed by atoms with Crippen LogP contribution in [-0.4, -0.2) is 15.9 Å². The van der Waals surface area contributed by atoms with E-state index in [1.165, 1.54) is 0 Å². The van der Waals surface area contributed by atoms with Crippen molar-refractivity contribution in [3.63, 3.8) is 0 Å². The summed E-state index contributed by atoms with van der Waals surface area (Å²) in [5.41, 5.74) is 2.58. The summed E-state index contributed by atoms with van der Waals surface area (Å²) in [6.45, 7) is 2.00. The fourth-order valence-corrected chi connectivity index (χ4v) is 4.58. The van der Waals surface area contributed by atoms with Crippen molar-refractivity contribution in [3.8, 4) is 11.3 Å². The van der Waals surface area contributed by atoms with E-state index in [2.05, 4.69) is 38.4 Å². The summed E-state index contributed by atoms with van der Waals surface area (Å²) >= 11 is 5.04. The quantitative estimate of drug-likeness (QED) is 0.586. The molecule has 27 heavy (non-hydrogen) atoms. The number of nitrogens with one attached hydrogen (secondary N) is 1. The molecule has 2 aromatic heterocycles. The number of halogens is 1. The number of aromatic nitrogens is 2. The molecule has 1 aliphatic rings. The maximum Gasteiger partial charge on any atom is 0.231 e. The van der Waals surface area contributed by atoms with E-state index in [9.17, 15) is 4.79 Å². The van der Waals surface area contributed by atoms with Gasteiger partial charge >= 0.3 is 0 Å². The van der Waals surface area contributed by atoms with Crippen molar-refractivity contribution in [3.05, 3.63) is 69.2 Å². The Morgan fingerprint density at radius 1 is 1.26 bits per heavy atom. The molecule has 1 saturated carbocycles. The molecule has 0 aliphatic heterocycles. The topological polar surface area (TPSA) is 54.9 Å². The predicted molar refractivity (Wildman–Crippen MR) is 112 cm³/mol. The lowest BCUT2D eigenvalue weighted by molar-refractivity contribution is -0.130. The van der Waals surface area contributed by atoms with E-state index < -0.39 is 5.41 Å². The van der Waals surface area contributed by atoms with Gasteiger partial charge in [-0.15, -0.1) is 11.3 Å². The molecule has 0 radical (unpaired) electrons. The summed E-state index contributed by atoms with van der Waals surface area (Å²) in [6, 6.07) is 11.9. The third-order valence-electron chi connectivity index (χ3n) is 5.24. The van der Waals surface area contributed by atoms with Crippen molar-refractivity contribution in [2.24, 2.45) is 0 Å². The highest BCUT2D eigenvalue weighted by atomic mass is 79.9. The van der Waals surface area contributed by atoms with Gasteiger partial charge in [0.25, 0.3) is 0 Å². The molecule has 0 saturated heterocycles. The first-order chi connectivity index (χ1) is 13.1. The van der Waals surface area contributed by atoms with Crippen LogP contribution in [0.15, 0.2) is 58.6 Å². The molecule has 4 rings (SSSR count). The van der Waals surface area contributed by atoms with E-state index in [1.54, 1.807) is 23.7 Å². The van der Waals surface area contributed by atoms with Crippen LogP contribution >= 0.6 is 27.3 Å². The number of rotatable bonds is 5. The van der Waals surface area contributed by atoms with Crippen molar-refractivity contribution in [2.45, 2.75) is 37.6 Å². The molecular formula is C21H20BrN3OS. The van der Waals surface area contributed by atoms with Gasteiger partial charge in [0.2, 0.25) is 5.91 Å². The summed E-state index contributed by atoms with van der Waals surface area (Å²) in [5, 5.41) is 6.12. The van der Waals surface area contributed by atoms with Gasteiger partial charge in [0.1, 0.15) is 5.01 Å². The van der Waals surface area contributed by atoms with E-state index in [0.29, 0.717) is 0 Å². The number of amides is 1. The summed E-state index contributed by atoms with van der Waals surface area (Å²) in [7, 11) is 0. The Labute approximate surface area is 171 Å².